The molecule has 0 aromatic carbocycles. The molecule has 0 saturated carbocycles. The Hall–Kier alpha value is -0.350. The zero-order valence-electron chi connectivity index (χ0n) is 9.26. The quantitative estimate of drug-likeness (QED) is 0.848. The van der Waals surface area contributed by atoms with Crippen LogP contribution in [0.4, 0.5) is 0 Å². The predicted molar refractivity (Wildman–Crippen MR) is 69.0 cm³/mol. The second kappa shape index (κ2) is 5.12. The van der Waals surface area contributed by atoms with Crippen molar-refractivity contribution in [1.29, 1.82) is 0 Å². The smallest absolute Gasteiger partial charge is 0.262 e. The molecule has 0 aliphatic rings. The maximum absolute atomic E-state index is 11.9. The van der Waals surface area contributed by atoms with E-state index in [0.29, 0.717) is 0 Å². The predicted octanol–water partition coefficient (Wildman–Crippen LogP) is 3.21. The van der Waals surface area contributed by atoms with Gasteiger partial charge in [-0.3, -0.25) is 4.79 Å². The maximum Gasteiger partial charge on any atom is 0.262 e. The average Bonchev–Trinajstić information content (AvgIpc) is 2.64. The van der Waals surface area contributed by atoms with Gasteiger partial charge in [-0.05, 0) is 37.3 Å². The van der Waals surface area contributed by atoms with Crippen LogP contribution < -0.4 is 5.32 Å². The highest BCUT2D eigenvalue weighted by Crippen LogP contribution is 2.18. The molecule has 1 aromatic rings. The van der Waals surface area contributed by atoms with Crippen LogP contribution in [0.2, 0.25) is 0 Å². The molecule has 15 heavy (non-hydrogen) atoms. The number of hydrogen-bond acceptors (Lipinski definition) is 2. The summed E-state index contributed by atoms with van der Waals surface area (Å²) in [5, 5.41) is 5.72. The third-order valence-electron chi connectivity index (χ3n) is 2.12. The maximum atomic E-state index is 11.9. The minimum atomic E-state index is -0.202. The lowest BCUT2D eigenvalue weighted by molar-refractivity contribution is 0.0924. The SMILES string of the molecule is CCc1ccsc1C(=O)NC(C)(C)CBr. The summed E-state index contributed by atoms with van der Waals surface area (Å²) in [4.78, 5) is 12.8. The van der Waals surface area contributed by atoms with Gasteiger partial charge in [-0.15, -0.1) is 11.3 Å². The van der Waals surface area contributed by atoms with Gasteiger partial charge in [-0.1, -0.05) is 22.9 Å². The molecule has 0 fully saturated rings. The summed E-state index contributed by atoms with van der Waals surface area (Å²) in [6.45, 7) is 6.06. The van der Waals surface area contributed by atoms with E-state index >= 15 is 0 Å². The first-order chi connectivity index (χ1) is 7.00. The van der Waals surface area contributed by atoms with E-state index in [-0.39, 0.29) is 11.4 Å². The second-order valence-electron chi connectivity index (χ2n) is 4.10. The molecule has 1 heterocycles. The monoisotopic (exact) mass is 289 g/mol. The molecule has 1 amide bonds. The van der Waals surface area contributed by atoms with Crippen LogP contribution in [0.5, 0.6) is 0 Å². The van der Waals surface area contributed by atoms with E-state index in [0.717, 1.165) is 22.2 Å². The highest BCUT2D eigenvalue weighted by atomic mass is 79.9. The molecule has 84 valence electrons. The zero-order chi connectivity index (χ0) is 11.5. The standard InChI is InChI=1S/C11H16BrNOS/c1-4-8-5-6-15-9(8)10(14)13-11(2,3)7-12/h5-6H,4,7H2,1-3H3,(H,13,14). The molecule has 0 bridgehead atoms. The van der Waals surface area contributed by atoms with Gasteiger partial charge in [-0.25, -0.2) is 0 Å². The van der Waals surface area contributed by atoms with Crippen molar-refractivity contribution in [3.8, 4) is 0 Å². The summed E-state index contributed by atoms with van der Waals surface area (Å²) < 4.78 is 0. The molecule has 0 atom stereocenters. The van der Waals surface area contributed by atoms with Gasteiger partial charge in [0.1, 0.15) is 0 Å². The van der Waals surface area contributed by atoms with Gasteiger partial charge in [0.25, 0.3) is 5.91 Å². The van der Waals surface area contributed by atoms with Gasteiger partial charge in [0, 0.05) is 10.9 Å². The minimum absolute atomic E-state index is 0.0336. The van der Waals surface area contributed by atoms with Crippen molar-refractivity contribution in [2.75, 3.05) is 5.33 Å². The largest absolute Gasteiger partial charge is 0.346 e. The average molecular weight is 290 g/mol. The third-order valence-corrected chi connectivity index (χ3v) is 4.48. The molecule has 1 aromatic heterocycles. The Morgan fingerprint density at radius 2 is 2.27 bits per heavy atom. The third kappa shape index (κ3) is 3.31. The first-order valence-electron chi connectivity index (χ1n) is 4.95. The molecule has 0 saturated heterocycles. The van der Waals surface area contributed by atoms with Crippen molar-refractivity contribution in [1.82, 2.24) is 5.32 Å². The summed E-state index contributed by atoms with van der Waals surface area (Å²) in [7, 11) is 0. The van der Waals surface area contributed by atoms with Crippen molar-refractivity contribution in [3.63, 3.8) is 0 Å². The number of amides is 1. The molecular weight excluding hydrogens is 274 g/mol. The first kappa shape index (κ1) is 12.7. The lowest BCUT2D eigenvalue weighted by atomic mass is 10.1. The summed E-state index contributed by atoms with van der Waals surface area (Å²) >= 11 is 4.89. The molecule has 1 N–H and O–H groups in total. The Bertz CT molecular complexity index is 346. The molecule has 0 aliphatic heterocycles. The summed E-state index contributed by atoms with van der Waals surface area (Å²) in [6.07, 6.45) is 0.904. The number of hydrogen-bond donors (Lipinski definition) is 1. The van der Waals surface area contributed by atoms with Gasteiger partial charge < -0.3 is 5.32 Å². The summed E-state index contributed by atoms with van der Waals surface area (Å²) in [5.41, 5.74) is 0.925. The van der Waals surface area contributed by atoms with Crippen LogP contribution in [0.1, 0.15) is 36.0 Å². The van der Waals surface area contributed by atoms with Crippen LogP contribution in [-0.4, -0.2) is 16.8 Å². The molecule has 0 unspecified atom stereocenters. The molecule has 4 heteroatoms. The molecule has 1 rings (SSSR count). The molecule has 0 spiro atoms. The number of halogens is 1. The number of aryl methyl sites for hydroxylation is 1. The van der Waals surface area contributed by atoms with Crippen molar-refractivity contribution < 1.29 is 4.79 Å². The van der Waals surface area contributed by atoms with E-state index in [2.05, 4.69) is 28.2 Å². The van der Waals surface area contributed by atoms with Crippen LogP contribution in [0.25, 0.3) is 0 Å². The Kier molecular flexibility index (Phi) is 4.34. The fourth-order valence-electron chi connectivity index (χ4n) is 1.21. The minimum Gasteiger partial charge on any atom is -0.346 e. The lowest BCUT2D eigenvalue weighted by Crippen LogP contribution is -2.44. The van der Waals surface area contributed by atoms with Crippen LogP contribution in [0, 0.1) is 0 Å². The normalized spacial score (nSPS) is 11.5. The Labute approximate surface area is 103 Å². The fraction of sp³-hybridized carbons (Fsp3) is 0.545. The summed E-state index contributed by atoms with van der Waals surface area (Å²) in [6, 6.07) is 2.01. The Morgan fingerprint density at radius 1 is 1.60 bits per heavy atom. The number of carbonyl (C=O) groups is 1. The van der Waals surface area contributed by atoms with Crippen LogP contribution in [0.15, 0.2) is 11.4 Å². The van der Waals surface area contributed by atoms with Gasteiger partial charge in [0.2, 0.25) is 0 Å². The number of alkyl halides is 1. The van der Waals surface area contributed by atoms with Crippen LogP contribution in [-0.2, 0) is 6.42 Å². The van der Waals surface area contributed by atoms with Crippen molar-refractivity contribution >= 4 is 33.2 Å². The van der Waals surface area contributed by atoms with E-state index < -0.39 is 0 Å². The van der Waals surface area contributed by atoms with E-state index in [1.165, 1.54) is 11.3 Å². The van der Waals surface area contributed by atoms with E-state index in [4.69, 9.17) is 0 Å². The molecular formula is C11H16BrNOS. The fourth-order valence-corrected chi connectivity index (χ4v) is 2.24. The highest BCUT2D eigenvalue weighted by Gasteiger charge is 2.21. The molecule has 0 aliphatic carbocycles. The van der Waals surface area contributed by atoms with Crippen LogP contribution in [0.3, 0.4) is 0 Å². The summed E-state index contributed by atoms with van der Waals surface area (Å²) in [5.74, 6) is 0.0336. The lowest BCUT2D eigenvalue weighted by Gasteiger charge is -2.23. The van der Waals surface area contributed by atoms with Crippen molar-refractivity contribution in [3.05, 3.63) is 21.9 Å². The Morgan fingerprint density at radius 3 is 2.80 bits per heavy atom. The van der Waals surface area contributed by atoms with Crippen molar-refractivity contribution in [2.24, 2.45) is 0 Å². The highest BCUT2D eigenvalue weighted by molar-refractivity contribution is 9.09. The first-order valence-corrected chi connectivity index (χ1v) is 6.95. The second-order valence-corrected chi connectivity index (χ2v) is 5.58. The molecule has 0 radical (unpaired) electrons. The molecule has 2 nitrogen and oxygen atoms in total. The van der Waals surface area contributed by atoms with Gasteiger partial charge in [0.15, 0.2) is 0 Å². The van der Waals surface area contributed by atoms with Gasteiger partial charge >= 0.3 is 0 Å². The Balaban J connectivity index is 2.78. The number of thiophene rings is 1. The zero-order valence-corrected chi connectivity index (χ0v) is 11.7. The topological polar surface area (TPSA) is 29.1 Å². The number of nitrogens with one attached hydrogen (secondary N) is 1. The van der Waals surface area contributed by atoms with Gasteiger partial charge in [-0.2, -0.15) is 0 Å². The van der Waals surface area contributed by atoms with E-state index in [1.807, 2.05) is 25.3 Å². The number of carbonyl (C=O) groups excluding carboxylic acids is 1. The van der Waals surface area contributed by atoms with E-state index in [1.54, 1.807) is 0 Å². The van der Waals surface area contributed by atoms with Crippen LogP contribution >= 0.6 is 27.3 Å². The van der Waals surface area contributed by atoms with E-state index in [9.17, 15) is 4.79 Å². The number of rotatable bonds is 4. The van der Waals surface area contributed by atoms with Crippen molar-refractivity contribution in [2.45, 2.75) is 32.7 Å². The van der Waals surface area contributed by atoms with Gasteiger partial charge in [0.05, 0.1) is 4.88 Å².